The zero-order valence-electron chi connectivity index (χ0n) is 15.0. The summed E-state index contributed by atoms with van der Waals surface area (Å²) in [6.07, 6.45) is 8.71. The maximum Gasteiger partial charge on any atom is 0.256 e. The molecule has 0 spiro atoms. The van der Waals surface area contributed by atoms with Crippen LogP contribution < -0.4 is 0 Å². The van der Waals surface area contributed by atoms with Gasteiger partial charge in [0.05, 0.1) is 35.7 Å². The lowest BCUT2D eigenvalue weighted by Gasteiger charge is -2.32. The molecule has 1 unspecified atom stereocenters. The van der Waals surface area contributed by atoms with E-state index in [2.05, 4.69) is 9.97 Å². The topological polar surface area (TPSA) is 63.9 Å². The molecule has 2 aromatic heterocycles. The van der Waals surface area contributed by atoms with Crippen molar-refractivity contribution in [2.45, 2.75) is 18.8 Å². The van der Waals surface area contributed by atoms with Gasteiger partial charge in [-0.3, -0.25) is 9.78 Å². The highest BCUT2D eigenvalue weighted by molar-refractivity contribution is 5.94. The summed E-state index contributed by atoms with van der Waals surface area (Å²) in [6.45, 7) is 1.13. The fraction of sp³-hybridized carbons (Fsp3) is 0.300. The molecule has 1 aliphatic heterocycles. The molecule has 0 N–H and O–H groups in total. The minimum atomic E-state index is -0.484. The monoisotopic (exact) mass is 365 g/mol. The molecule has 27 heavy (non-hydrogen) atoms. The van der Waals surface area contributed by atoms with Crippen LogP contribution in [0.15, 0.2) is 49.2 Å². The van der Waals surface area contributed by atoms with E-state index in [0.717, 1.165) is 29.9 Å². The standard InChI is InChI=1S/C20H20FN5O/c1-25-13-23-11-19(25)18-10-22-9-17(24-18)14-5-4-8-26(12-14)20(27)15-6-2-3-7-16(15)21/h2-3,6-7,9-11,13-14H,4-5,8,12H2,1H3. The number of hydrogen-bond donors (Lipinski definition) is 0. The van der Waals surface area contributed by atoms with Crippen molar-refractivity contribution >= 4 is 5.91 Å². The predicted molar refractivity (Wildman–Crippen MR) is 98.5 cm³/mol. The van der Waals surface area contributed by atoms with Gasteiger partial charge in [-0.15, -0.1) is 0 Å². The third kappa shape index (κ3) is 3.45. The Balaban J connectivity index is 1.56. The van der Waals surface area contributed by atoms with E-state index in [0.29, 0.717) is 13.1 Å². The molecular weight excluding hydrogens is 345 g/mol. The van der Waals surface area contributed by atoms with Gasteiger partial charge in [-0.05, 0) is 25.0 Å². The first-order chi connectivity index (χ1) is 13.1. The molecule has 0 bridgehead atoms. The van der Waals surface area contributed by atoms with Gasteiger partial charge in [0.2, 0.25) is 0 Å². The van der Waals surface area contributed by atoms with Gasteiger partial charge in [-0.25, -0.2) is 14.4 Å². The number of aromatic nitrogens is 4. The molecule has 138 valence electrons. The SMILES string of the molecule is Cn1cncc1-c1cncc(C2CCCN(C(=O)c3ccccc3F)C2)n1. The molecule has 1 aliphatic rings. The molecule has 1 amide bonds. The van der Waals surface area contributed by atoms with Crippen LogP contribution in [-0.2, 0) is 7.05 Å². The molecule has 0 aliphatic carbocycles. The van der Waals surface area contributed by atoms with Crippen LogP contribution in [0.25, 0.3) is 11.4 Å². The molecule has 1 aromatic carbocycles. The van der Waals surface area contributed by atoms with Crippen LogP contribution in [0.4, 0.5) is 4.39 Å². The number of rotatable bonds is 3. The van der Waals surface area contributed by atoms with Crippen LogP contribution in [0, 0.1) is 5.82 Å². The summed E-state index contributed by atoms with van der Waals surface area (Å²) in [7, 11) is 1.91. The summed E-state index contributed by atoms with van der Waals surface area (Å²) < 4.78 is 15.9. The van der Waals surface area contributed by atoms with E-state index in [-0.39, 0.29) is 17.4 Å². The van der Waals surface area contributed by atoms with Crippen LogP contribution in [0.2, 0.25) is 0 Å². The first-order valence-electron chi connectivity index (χ1n) is 8.96. The van der Waals surface area contributed by atoms with Crippen LogP contribution in [0.3, 0.4) is 0 Å². The van der Waals surface area contributed by atoms with Gasteiger partial charge in [0.25, 0.3) is 5.91 Å². The Kier molecular flexibility index (Phi) is 4.66. The second kappa shape index (κ2) is 7.26. The van der Waals surface area contributed by atoms with Crippen LogP contribution in [-0.4, -0.2) is 43.4 Å². The second-order valence-corrected chi connectivity index (χ2v) is 6.79. The quantitative estimate of drug-likeness (QED) is 0.716. The van der Waals surface area contributed by atoms with Gasteiger partial charge < -0.3 is 9.47 Å². The van der Waals surface area contributed by atoms with Gasteiger partial charge in [0, 0.05) is 32.3 Å². The predicted octanol–water partition coefficient (Wildman–Crippen LogP) is 3.04. The normalized spacial score (nSPS) is 17.1. The van der Waals surface area contributed by atoms with Gasteiger partial charge >= 0.3 is 0 Å². The molecule has 1 fully saturated rings. The number of benzene rings is 1. The number of carbonyl (C=O) groups is 1. The Bertz CT molecular complexity index is 970. The average Bonchev–Trinajstić information content (AvgIpc) is 3.14. The lowest BCUT2D eigenvalue weighted by atomic mass is 9.94. The van der Waals surface area contributed by atoms with E-state index in [1.165, 1.54) is 12.1 Å². The van der Waals surface area contributed by atoms with Crippen molar-refractivity contribution in [3.8, 4) is 11.4 Å². The molecule has 3 aromatic rings. The smallest absolute Gasteiger partial charge is 0.256 e. The maximum absolute atomic E-state index is 14.0. The third-order valence-corrected chi connectivity index (χ3v) is 4.96. The highest BCUT2D eigenvalue weighted by atomic mass is 19.1. The van der Waals surface area contributed by atoms with E-state index in [1.807, 2.05) is 11.6 Å². The highest BCUT2D eigenvalue weighted by Gasteiger charge is 2.28. The first kappa shape index (κ1) is 17.3. The van der Waals surface area contributed by atoms with Gasteiger partial charge in [0.1, 0.15) is 11.5 Å². The number of imidazole rings is 1. The summed E-state index contributed by atoms with van der Waals surface area (Å²) in [4.78, 5) is 27.7. The highest BCUT2D eigenvalue weighted by Crippen LogP contribution is 2.28. The summed E-state index contributed by atoms with van der Waals surface area (Å²) in [5.41, 5.74) is 2.61. The molecule has 1 saturated heterocycles. The fourth-order valence-electron chi connectivity index (χ4n) is 3.51. The third-order valence-electron chi connectivity index (χ3n) is 4.96. The van der Waals surface area contributed by atoms with E-state index in [4.69, 9.17) is 4.98 Å². The van der Waals surface area contributed by atoms with Gasteiger partial charge in [0.15, 0.2) is 0 Å². The summed E-state index contributed by atoms with van der Waals surface area (Å²) >= 11 is 0. The molecule has 3 heterocycles. The fourth-order valence-corrected chi connectivity index (χ4v) is 3.51. The summed E-state index contributed by atoms with van der Waals surface area (Å²) in [6, 6.07) is 6.12. The number of hydrogen-bond acceptors (Lipinski definition) is 4. The lowest BCUT2D eigenvalue weighted by molar-refractivity contribution is 0.0701. The van der Waals surface area contributed by atoms with Crippen LogP contribution in [0.1, 0.15) is 34.8 Å². The van der Waals surface area contributed by atoms with Crippen molar-refractivity contribution in [3.63, 3.8) is 0 Å². The van der Waals surface area contributed by atoms with Crippen LogP contribution in [0.5, 0.6) is 0 Å². The molecule has 0 saturated carbocycles. The second-order valence-electron chi connectivity index (χ2n) is 6.79. The number of carbonyl (C=O) groups excluding carboxylic acids is 1. The van der Waals surface area contributed by atoms with Gasteiger partial charge in [-0.2, -0.15) is 0 Å². The lowest BCUT2D eigenvalue weighted by Crippen LogP contribution is -2.39. The molecular formula is C20H20FN5O. The molecule has 7 heteroatoms. The largest absolute Gasteiger partial charge is 0.338 e. The Hall–Kier alpha value is -3.09. The van der Waals surface area contributed by atoms with Crippen molar-refractivity contribution in [2.75, 3.05) is 13.1 Å². The van der Waals surface area contributed by atoms with Crippen molar-refractivity contribution < 1.29 is 9.18 Å². The number of piperidine rings is 1. The summed E-state index contributed by atoms with van der Waals surface area (Å²) in [5, 5.41) is 0. The number of nitrogens with zero attached hydrogens (tertiary/aromatic N) is 5. The minimum Gasteiger partial charge on any atom is -0.338 e. The molecule has 1 atom stereocenters. The van der Waals surface area contributed by atoms with Gasteiger partial charge in [-0.1, -0.05) is 12.1 Å². The molecule has 4 rings (SSSR count). The maximum atomic E-state index is 14.0. The Labute approximate surface area is 156 Å². The minimum absolute atomic E-state index is 0.0788. The van der Waals surface area contributed by atoms with E-state index in [1.54, 1.807) is 42.0 Å². The number of likely N-dealkylation sites (tertiary alicyclic amines) is 1. The Morgan fingerprint density at radius 2 is 2.04 bits per heavy atom. The zero-order valence-corrected chi connectivity index (χ0v) is 15.0. The Morgan fingerprint density at radius 3 is 2.81 bits per heavy atom. The van der Waals surface area contributed by atoms with E-state index < -0.39 is 5.82 Å². The zero-order chi connectivity index (χ0) is 18.8. The first-order valence-corrected chi connectivity index (χ1v) is 8.96. The number of amides is 1. The van der Waals surface area contributed by atoms with Crippen molar-refractivity contribution in [1.29, 1.82) is 0 Å². The van der Waals surface area contributed by atoms with E-state index >= 15 is 0 Å². The molecule has 6 nitrogen and oxygen atoms in total. The van der Waals surface area contributed by atoms with Crippen molar-refractivity contribution in [2.24, 2.45) is 7.05 Å². The summed E-state index contributed by atoms with van der Waals surface area (Å²) in [5.74, 6) is -0.675. The average molecular weight is 365 g/mol. The molecule has 0 radical (unpaired) electrons. The number of halogens is 1. The number of aryl methyl sites for hydroxylation is 1. The van der Waals surface area contributed by atoms with Crippen LogP contribution >= 0.6 is 0 Å². The Morgan fingerprint density at radius 1 is 1.19 bits per heavy atom. The van der Waals surface area contributed by atoms with Crippen molar-refractivity contribution in [3.05, 3.63) is 66.3 Å². The van der Waals surface area contributed by atoms with E-state index in [9.17, 15) is 9.18 Å². The van der Waals surface area contributed by atoms with Crippen molar-refractivity contribution in [1.82, 2.24) is 24.4 Å².